The summed E-state index contributed by atoms with van der Waals surface area (Å²) in [7, 11) is 0. The van der Waals surface area contributed by atoms with E-state index in [1.807, 2.05) is 25.1 Å². The zero-order chi connectivity index (χ0) is 15.5. The van der Waals surface area contributed by atoms with Crippen LogP contribution < -0.4 is 10.5 Å². The van der Waals surface area contributed by atoms with Gasteiger partial charge in [-0.3, -0.25) is 0 Å². The Labute approximate surface area is 121 Å². The van der Waals surface area contributed by atoms with Gasteiger partial charge in [-0.05, 0) is 48.7 Å². The van der Waals surface area contributed by atoms with Crippen LogP contribution in [0.5, 0.6) is 5.75 Å². The van der Waals surface area contributed by atoms with Crippen LogP contribution in [0, 0.1) is 6.92 Å². The van der Waals surface area contributed by atoms with Crippen molar-refractivity contribution in [3.63, 3.8) is 0 Å². The summed E-state index contributed by atoms with van der Waals surface area (Å²) < 4.78 is 40.9. The molecule has 0 fully saturated rings. The molecular weight excluding hydrogens is 279 g/mol. The summed E-state index contributed by atoms with van der Waals surface area (Å²) in [6.45, 7) is 2.42. The number of aryl methyl sites for hydroxylation is 1. The van der Waals surface area contributed by atoms with Crippen molar-refractivity contribution in [2.45, 2.75) is 19.7 Å². The van der Waals surface area contributed by atoms with Gasteiger partial charge in [-0.1, -0.05) is 35.9 Å². The van der Waals surface area contributed by atoms with Gasteiger partial charge in [0.05, 0.1) is 0 Å². The number of halogens is 3. The van der Waals surface area contributed by atoms with Crippen LogP contribution in [0.3, 0.4) is 0 Å². The molecule has 0 radical (unpaired) electrons. The van der Waals surface area contributed by atoms with Crippen molar-refractivity contribution in [2.75, 3.05) is 6.54 Å². The molecular formula is C16H16F3NO. The van der Waals surface area contributed by atoms with E-state index in [2.05, 4.69) is 4.74 Å². The Morgan fingerprint density at radius 2 is 1.86 bits per heavy atom. The van der Waals surface area contributed by atoms with Crippen molar-refractivity contribution in [1.29, 1.82) is 0 Å². The molecule has 2 aromatic carbocycles. The highest BCUT2D eigenvalue weighted by Crippen LogP contribution is 2.30. The van der Waals surface area contributed by atoms with E-state index in [0.717, 1.165) is 16.7 Å². The van der Waals surface area contributed by atoms with Crippen molar-refractivity contribution in [3.8, 4) is 16.9 Å². The number of benzene rings is 2. The maximum Gasteiger partial charge on any atom is 0.573 e. The van der Waals surface area contributed by atoms with Gasteiger partial charge in [-0.15, -0.1) is 13.2 Å². The number of alkyl halides is 3. The highest BCUT2D eigenvalue weighted by molar-refractivity contribution is 5.69. The highest BCUT2D eigenvalue weighted by atomic mass is 19.4. The van der Waals surface area contributed by atoms with Crippen LogP contribution in [0.2, 0.25) is 0 Å². The van der Waals surface area contributed by atoms with E-state index in [0.29, 0.717) is 18.5 Å². The lowest BCUT2D eigenvalue weighted by Crippen LogP contribution is -2.17. The van der Waals surface area contributed by atoms with Gasteiger partial charge in [0.2, 0.25) is 0 Å². The van der Waals surface area contributed by atoms with Crippen molar-refractivity contribution in [3.05, 3.63) is 53.6 Å². The van der Waals surface area contributed by atoms with Gasteiger partial charge in [-0.25, -0.2) is 0 Å². The molecule has 0 aliphatic heterocycles. The minimum Gasteiger partial charge on any atom is -0.406 e. The molecule has 112 valence electrons. The Morgan fingerprint density at radius 1 is 1.10 bits per heavy atom. The topological polar surface area (TPSA) is 35.2 Å². The van der Waals surface area contributed by atoms with E-state index < -0.39 is 6.36 Å². The molecule has 0 aliphatic rings. The molecule has 0 amide bonds. The van der Waals surface area contributed by atoms with E-state index in [9.17, 15) is 13.2 Å². The average Bonchev–Trinajstić information content (AvgIpc) is 2.39. The number of rotatable bonds is 4. The first-order chi connectivity index (χ1) is 9.89. The molecule has 0 aliphatic carbocycles. The number of hydrogen-bond donors (Lipinski definition) is 1. The van der Waals surface area contributed by atoms with E-state index in [4.69, 9.17) is 5.73 Å². The van der Waals surface area contributed by atoms with Crippen LogP contribution in [0.4, 0.5) is 13.2 Å². The van der Waals surface area contributed by atoms with Crippen LogP contribution in [-0.4, -0.2) is 12.9 Å². The Hall–Kier alpha value is -2.01. The Balaban J connectivity index is 2.42. The van der Waals surface area contributed by atoms with Crippen LogP contribution in [0.25, 0.3) is 11.1 Å². The zero-order valence-corrected chi connectivity index (χ0v) is 11.6. The molecule has 0 unspecified atom stereocenters. The molecule has 0 heterocycles. The predicted octanol–water partition coefficient (Wildman–Crippen LogP) is 4.06. The summed E-state index contributed by atoms with van der Waals surface area (Å²) >= 11 is 0. The second-order valence-corrected chi connectivity index (χ2v) is 4.77. The van der Waals surface area contributed by atoms with E-state index in [-0.39, 0.29) is 5.75 Å². The molecule has 2 aromatic rings. The number of nitrogens with two attached hydrogens (primary N) is 1. The molecule has 2 N–H and O–H groups in total. The average molecular weight is 295 g/mol. The standard InChI is InChI=1S/C16H16F3NO/c1-11-5-6-12(7-8-20)15(9-11)13-3-2-4-14(10-13)21-16(17,18)19/h2-6,9-10H,7-8,20H2,1H3. The first-order valence-corrected chi connectivity index (χ1v) is 6.55. The lowest BCUT2D eigenvalue weighted by Gasteiger charge is -2.13. The third-order valence-corrected chi connectivity index (χ3v) is 3.06. The Bertz CT molecular complexity index is 623. The molecule has 0 spiro atoms. The van der Waals surface area contributed by atoms with Gasteiger partial charge in [-0.2, -0.15) is 0 Å². The number of hydrogen-bond acceptors (Lipinski definition) is 2. The fourth-order valence-corrected chi connectivity index (χ4v) is 2.19. The molecule has 21 heavy (non-hydrogen) atoms. The summed E-state index contributed by atoms with van der Waals surface area (Å²) in [5.41, 5.74) is 9.19. The quantitative estimate of drug-likeness (QED) is 0.923. The van der Waals surface area contributed by atoms with Crippen LogP contribution in [-0.2, 0) is 6.42 Å². The normalized spacial score (nSPS) is 11.5. The summed E-state index contributed by atoms with van der Waals surface area (Å²) in [6.07, 6.45) is -4.02. The molecule has 0 saturated carbocycles. The summed E-state index contributed by atoms with van der Waals surface area (Å²) in [6, 6.07) is 11.8. The second kappa shape index (κ2) is 6.18. The van der Waals surface area contributed by atoms with Gasteiger partial charge in [0.1, 0.15) is 5.75 Å². The summed E-state index contributed by atoms with van der Waals surface area (Å²) in [5, 5.41) is 0. The van der Waals surface area contributed by atoms with Crippen LogP contribution >= 0.6 is 0 Å². The second-order valence-electron chi connectivity index (χ2n) is 4.77. The largest absolute Gasteiger partial charge is 0.573 e. The molecule has 0 atom stereocenters. The van der Waals surface area contributed by atoms with Crippen molar-refractivity contribution in [2.24, 2.45) is 5.73 Å². The maximum absolute atomic E-state index is 12.3. The van der Waals surface area contributed by atoms with Gasteiger partial charge in [0, 0.05) is 0 Å². The molecule has 0 saturated heterocycles. The van der Waals surface area contributed by atoms with E-state index >= 15 is 0 Å². The van der Waals surface area contributed by atoms with Crippen molar-refractivity contribution >= 4 is 0 Å². The summed E-state index contributed by atoms with van der Waals surface area (Å²) in [5.74, 6) is -0.222. The Kier molecular flexibility index (Phi) is 4.53. The third kappa shape index (κ3) is 4.23. The molecule has 5 heteroatoms. The molecule has 0 bridgehead atoms. The SMILES string of the molecule is Cc1ccc(CCN)c(-c2cccc(OC(F)(F)F)c2)c1. The fraction of sp³-hybridized carbons (Fsp3) is 0.250. The summed E-state index contributed by atoms with van der Waals surface area (Å²) in [4.78, 5) is 0. The first-order valence-electron chi connectivity index (χ1n) is 6.55. The van der Waals surface area contributed by atoms with Gasteiger partial charge in [0.25, 0.3) is 0 Å². The van der Waals surface area contributed by atoms with Crippen LogP contribution in [0.1, 0.15) is 11.1 Å². The molecule has 2 rings (SSSR count). The van der Waals surface area contributed by atoms with Gasteiger partial charge < -0.3 is 10.5 Å². The smallest absolute Gasteiger partial charge is 0.406 e. The minimum atomic E-state index is -4.69. The lowest BCUT2D eigenvalue weighted by molar-refractivity contribution is -0.274. The van der Waals surface area contributed by atoms with Crippen molar-refractivity contribution in [1.82, 2.24) is 0 Å². The highest BCUT2D eigenvalue weighted by Gasteiger charge is 2.31. The molecule has 0 aromatic heterocycles. The van der Waals surface area contributed by atoms with Gasteiger partial charge >= 0.3 is 6.36 Å². The first kappa shape index (κ1) is 15.4. The lowest BCUT2D eigenvalue weighted by atomic mass is 9.95. The van der Waals surface area contributed by atoms with E-state index in [1.165, 1.54) is 12.1 Å². The maximum atomic E-state index is 12.3. The number of ether oxygens (including phenoxy) is 1. The third-order valence-electron chi connectivity index (χ3n) is 3.06. The van der Waals surface area contributed by atoms with E-state index in [1.54, 1.807) is 12.1 Å². The van der Waals surface area contributed by atoms with Crippen molar-refractivity contribution < 1.29 is 17.9 Å². The zero-order valence-electron chi connectivity index (χ0n) is 11.6. The predicted molar refractivity (Wildman–Crippen MR) is 76.1 cm³/mol. The van der Waals surface area contributed by atoms with Crippen LogP contribution in [0.15, 0.2) is 42.5 Å². The molecule has 2 nitrogen and oxygen atoms in total. The fourth-order valence-electron chi connectivity index (χ4n) is 2.19. The van der Waals surface area contributed by atoms with Gasteiger partial charge in [0.15, 0.2) is 0 Å². The monoisotopic (exact) mass is 295 g/mol. The Morgan fingerprint density at radius 3 is 2.52 bits per heavy atom. The minimum absolute atomic E-state index is 0.222.